The van der Waals surface area contributed by atoms with Gasteiger partial charge in [-0.2, -0.15) is 0 Å². The van der Waals surface area contributed by atoms with Gasteiger partial charge in [-0.15, -0.1) is 0 Å². The van der Waals surface area contributed by atoms with E-state index in [0.29, 0.717) is 11.3 Å². The number of hydrogen-bond donors (Lipinski definition) is 1. The van der Waals surface area contributed by atoms with E-state index >= 15 is 0 Å². The first kappa shape index (κ1) is 20.8. The first-order valence-corrected chi connectivity index (χ1v) is 9.19. The van der Waals surface area contributed by atoms with Crippen LogP contribution in [0.3, 0.4) is 0 Å². The van der Waals surface area contributed by atoms with Gasteiger partial charge in [0.05, 0.1) is 30.1 Å². The largest absolute Gasteiger partial charge is 0.496 e. The minimum atomic E-state index is -0.762. The van der Waals surface area contributed by atoms with E-state index in [1.165, 1.54) is 22.3 Å². The number of rotatable bonds is 7. The number of imidazole rings is 1. The zero-order chi connectivity index (χ0) is 21.7. The zero-order valence-electron chi connectivity index (χ0n) is 16.6. The maximum absolute atomic E-state index is 12.3. The van der Waals surface area contributed by atoms with Crippen LogP contribution in [0.15, 0.2) is 53.3 Å². The van der Waals surface area contributed by atoms with Gasteiger partial charge in [-0.1, -0.05) is 24.3 Å². The van der Waals surface area contributed by atoms with Crippen LogP contribution in [0.4, 0.5) is 0 Å². The summed E-state index contributed by atoms with van der Waals surface area (Å²) in [7, 11) is 3.07. The van der Waals surface area contributed by atoms with Gasteiger partial charge >= 0.3 is 11.7 Å². The van der Waals surface area contributed by atoms with Crippen molar-refractivity contribution in [1.29, 1.82) is 0 Å². The number of carbonyl (C=O) groups is 3. The Kier molecular flexibility index (Phi) is 6.31. The third-order valence-corrected chi connectivity index (χ3v) is 4.56. The topological polar surface area (TPSA) is 109 Å². The Balaban J connectivity index is 1.53. The van der Waals surface area contributed by atoms with Crippen LogP contribution in [0.2, 0.25) is 0 Å². The molecule has 30 heavy (non-hydrogen) atoms. The Morgan fingerprint density at radius 3 is 2.40 bits per heavy atom. The summed E-state index contributed by atoms with van der Waals surface area (Å²) in [6, 6.07) is 13.7. The van der Waals surface area contributed by atoms with Crippen LogP contribution in [-0.4, -0.2) is 40.6 Å². The Bertz CT molecular complexity index is 1160. The van der Waals surface area contributed by atoms with Gasteiger partial charge in [0.2, 0.25) is 0 Å². The number of benzene rings is 2. The molecule has 0 aliphatic rings. The predicted octanol–water partition coefficient (Wildman–Crippen LogP) is 1.24. The number of methoxy groups -OCH3 is 1. The summed E-state index contributed by atoms with van der Waals surface area (Å²) in [5.74, 6) is -1.76. The molecule has 1 heterocycles. The third-order valence-electron chi connectivity index (χ3n) is 4.56. The number of nitrogens with zero attached hydrogens (tertiary/aromatic N) is 2. The van der Waals surface area contributed by atoms with Crippen molar-refractivity contribution < 1.29 is 23.9 Å². The molecule has 156 valence electrons. The Morgan fingerprint density at radius 2 is 1.67 bits per heavy atom. The average Bonchev–Trinajstić information content (AvgIpc) is 3.00. The SMILES string of the molecule is COc1ccccc1C(=O)NC(=O)COC(=O)CCn1c(=O)n(C)c2ccccc21. The van der Waals surface area contributed by atoms with E-state index in [0.717, 1.165) is 5.52 Å². The van der Waals surface area contributed by atoms with Gasteiger partial charge in [-0.05, 0) is 24.3 Å². The Morgan fingerprint density at radius 1 is 1.00 bits per heavy atom. The number of hydrogen-bond acceptors (Lipinski definition) is 6. The monoisotopic (exact) mass is 411 g/mol. The summed E-state index contributed by atoms with van der Waals surface area (Å²) >= 11 is 0. The highest BCUT2D eigenvalue weighted by molar-refractivity contribution is 6.06. The van der Waals surface area contributed by atoms with Crippen LogP contribution >= 0.6 is 0 Å². The standard InChI is InChI=1S/C21H21N3O6/c1-23-15-8-4-5-9-16(15)24(21(23)28)12-11-19(26)30-13-18(25)22-20(27)14-7-3-6-10-17(14)29-2/h3-10H,11-13H2,1-2H3,(H,22,25,27). The molecule has 0 saturated heterocycles. The van der Waals surface area contributed by atoms with Gasteiger partial charge in [-0.3, -0.25) is 28.8 Å². The van der Waals surface area contributed by atoms with Crippen molar-refractivity contribution in [3.63, 3.8) is 0 Å². The molecule has 0 aliphatic heterocycles. The lowest BCUT2D eigenvalue weighted by Gasteiger charge is -2.09. The van der Waals surface area contributed by atoms with Gasteiger partial charge in [-0.25, -0.2) is 4.79 Å². The molecular formula is C21H21N3O6. The van der Waals surface area contributed by atoms with E-state index in [1.807, 2.05) is 12.1 Å². The predicted molar refractivity (Wildman–Crippen MR) is 108 cm³/mol. The molecule has 0 bridgehead atoms. The van der Waals surface area contributed by atoms with Gasteiger partial charge in [0.15, 0.2) is 6.61 Å². The van der Waals surface area contributed by atoms with E-state index < -0.39 is 24.4 Å². The van der Waals surface area contributed by atoms with Crippen LogP contribution in [0, 0.1) is 0 Å². The number of amides is 2. The molecule has 0 fully saturated rings. The molecule has 0 radical (unpaired) electrons. The number of nitrogens with one attached hydrogen (secondary N) is 1. The fraction of sp³-hybridized carbons (Fsp3) is 0.238. The number of fused-ring (bicyclic) bond motifs is 1. The molecule has 3 rings (SSSR count). The highest BCUT2D eigenvalue weighted by atomic mass is 16.5. The molecule has 0 saturated carbocycles. The second-order valence-corrected chi connectivity index (χ2v) is 6.47. The Labute approximate surface area is 171 Å². The normalized spacial score (nSPS) is 10.6. The van der Waals surface area contributed by atoms with E-state index in [9.17, 15) is 19.2 Å². The second kappa shape index (κ2) is 9.08. The van der Waals surface area contributed by atoms with E-state index in [1.54, 1.807) is 37.4 Å². The summed E-state index contributed by atoms with van der Waals surface area (Å²) < 4.78 is 13.0. The average molecular weight is 411 g/mol. The van der Waals surface area contributed by atoms with Crippen LogP contribution in [0.5, 0.6) is 5.75 Å². The van der Waals surface area contributed by atoms with Crippen molar-refractivity contribution in [2.75, 3.05) is 13.7 Å². The van der Waals surface area contributed by atoms with Gasteiger partial charge < -0.3 is 9.47 Å². The van der Waals surface area contributed by atoms with E-state index in [2.05, 4.69) is 5.32 Å². The number of aryl methyl sites for hydroxylation is 2. The number of aromatic nitrogens is 2. The summed E-state index contributed by atoms with van der Waals surface area (Å²) in [4.78, 5) is 48.4. The van der Waals surface area contributed by atoms with Crippen LogP contribution in [-0.2, 0) is 27.9 Å². The first-order chi connectivity index (χ1) is 14.4. The van der Waals surface area contributed by atoms with Crippen LogP contribution in [0.1, 0.15) is 16.8 Å². The molecule has 3 aromatic rings. The van der Waals surface area contributed by atoms with Gasteiger partial charge in [0.25, 0.3) is 11.8 Å². The van der Waals surface area contributed by atoms with Crippen LogP contribution in [0.25, 0.3) is 11.0 Å². The summed E-state index contributed by atoms with van der Waals surface area (Å²) in [6.07, 6.45) is -0.0956. The number of ether oxygens (including phenoxy) is 2. The molecule has 9 heteroatoms. The summed E-state index contributed by atoms with van der Waals surface area (Å²) in [5.41, 5.74) is 1.40. The first-order valence-electron chi connectivity index (χ1n) is 9.19. The number of esters is 1. The highest BCUT2D eigenvalue weighted by Crippen LogP contribution is 2.16. The quantitative estimate of drug-likeness (QED) is 0.586. The fourth-order valence-corrected chi connectivity index (χ4v) is 3.06. The highest BCUT2D eigenvalue weighted by Gasteiger charge is 2.16. The second-order valence-electron chi connectivity index (χ2n) is 6.47. The van der Waals surface area contributed by atoms with Gasteiger partial charge in [0.1, 0.15) is 5.75 Å². The maximum atomic E-state index is 12.3. The Hall–Kier alpha value is -3.88. The molecule has 0 atom stereocenters. The molecule has 2 aromatic carbocycles. The lowest BCUT2D eigenvalue weighted by Crippen LogP contribution is -2.34. The van der Waals surface area contributed by atoms with Crippen molar-refractivity contribution in [1.82, 2.24) is 14.5 Å². The minimum Gasteiger partial charge on any atom is -0.496 e. The van der Waals surface area contributed by atoms with E-state index in [-0.39, 0.29) is 24.2 Å². The van der Waals surface area contributed by atoms with Crippen molar-refractivity contribution >= 4 is 28.8 Å². The molecule has 0 aliphatic carbocycles. The zero-order valence-corrected chi connectivity index (χ0v) is 16.6. The lowest BCUT2D eigenvalue weighted by atomic mass is 10.2. The van der Waals surface area contributed by atoms with Crippen LogP contribution < -0.4 is 15.7 Å². The molecule has 0 spiro atoms. The fourth-order valence-electron chi connectivity index (χ4n) is 3.06. The van der Waals surface area contributed by atoms with Gasteiger partial charge in [0, 0.05) is 13.6 Å². The maximum Gasteiger partial charge on any atom is 0.328 e. The van der Waals surface area contributed by atoms with E-state index in [4.69, 9.17) is 9.47 Å². The molecule has 0 unspecified atom stereocenters. The lowest BCUT2D eigenvalue weighted by molar-refractivity contribution is -0.148. The number of imide groups is 1. The third kappa shape index (κ3) is 4.40. The number of para-hydroxylation sites is 3. The molecule has 1 N–H and O–H groups in total. The summed E-state index contributed by atoms with van der Waals surface area (Å²) in [6.45, 7) is -0.495. The smallest absolute Gasteiger partial charge is 0.328 e. The van der Waals surface area contributed by atoms with Crippen molar-refractivity contribution in [3.8, 4) is 5.75 Å². The summed E-state index contributed by atoms with van der Waals surface area (Å²) in [5, 5.41) is 2.14. The molecule has 9 nitrogen and oxygen atoms in total. The molecule has 1 aromatic heterocycles. The van der Waals surface area contributed by atoms with Crippen molar-refractivity contribution in [2.45, 2.75) is 13.0 Å². The minimum absolute atomic E-state index is 0.0956. The molecule has 2 amide bonds. The van der Waals surface area contributed by atoms with Crippen molar-refractivity contribution in [3.05, 3.63) is 64.6 Å². The molecular weight excluding hydrogens is 390 g/mol. The number of carbonyl (C=O) groups excluding carboxylic acids is 3. The van der Waals surface area contributed by atoms with Crippen molar-refractivity contribution in [2.24, 2.45) is 7.05 Å².